The summed E-state index contributed by atoms with van der Waals surface area (Å²) in [6.07, 6.45) is 1.41. The zero-order valence-corrected chi connectivity index (χ0v) is 10.7. The zero-order valence-electron chi connectivity index (χ0n) is 9.11. The lowest BCUT2D eigenvalue weighted by atomic mass is 10.2. The predicted molar refractivity (Wildman–Crippen MR) is 66.8 cm³/mol. The Bertz CT molecular complexity index is 559. The van der Waals surface area contributed by atoms with E-state index in [1.165, 1.54) is 6.33 Å². The summed E-state index contributed by atoms with van der Waals surface area (Å²) in [7, 11) is 1.56. The van der Waals surface area contributed by atoms with Crippen LogP contribution in [0.1, 0.15) is 0 Å². The van der Waals surface area contributed by atoms with Gasteiger partial charge in [-0.15, -0.1) is 0 Å². The van der Waals surface area contributed by atoms with Gasteiger partial charge in [0.15, 0.2) is 6.61 Å². The van der Waals surface area contributed by atoms with Gasteiger partial charge in [0.1, 0.15) is 6.33 Å². The van der Waals surface area contributed by atoms with Gasteiger partial charge in [-0.25, -0.2) is 9.97 Å². The molecule has 6 heteroatoms. The van der Waals surface area contributed by atoms with Gasteiger partial charge in [0.25, 0.3) is 5.91 Å². The van der Waals surface area contributed by atoms with Crippen molar-refractivity contribution in [2.45, 2.75) is 0 Å². The second-order valence-electron chi connectivity index (χ2n) is 3.30. The van der Waals surface area contributed by atoms with Crippen LogP contribution in [0, 0.1) is 0 Å². The lowest BCUT2D eigenvalue weighted by molar-refractivity contribution is -0.122. The van der Waals surface area contributed by atoms with Gasteiger partial charge in [-0.05, 0) is 18.2 Å². The maximum Gasteiger partial charge on any atom is 0.257 e. The van der Waals surface area contributed by atoms with Crippen LogP contribution in [0.15, 0.2) is 29.0 Å². The molecule has 0 fully saturated rings. The predicted octanol–water partition coefficient (Wildman–Crippen LogP) is 1.52. The molecule has 0 saturated heterocycles. The van der Waals surface area contributed by atoms with Crippen LogP contribution in [-0.4, -0.2) is 29.5 Å². The fourth-order valence-corrected chi connectivity index (χ4v) is 1.69. The van der Waals surface area contributed by atoms with Crippen molar-refractivity contribution in [3.8, 4) is 5.88 Å². The molecule has 1 N–H and O–H groups in total. The smallest absolute Gasteiger partial charge is 0.257 e. The fraction of sp³-hybridized carbons (Fsp3) is 0.182. The van der Waals surface area contributed by atoms with Gasteiger partial charge in [-0.3, -0.25) is 4.79 Å². The molecule has 0 saturated carbocycles. The van der Waals surface area contributed by atoms with Crippen LogP contribution in [0.2, 0.25) is 0 Å². The molecule has 1 amide bonds. The molecule has 0 spiro atoms. The lowest BCUT2D eigenvalue weighted by Crippen LogP contribution is -2.25. The standard InChI is InChI=1S/C11H10BrN3O2/c1-13-10(16)5-17-11-8-4-7(12)2-3-9(8)14-6-15-11/h2-4,6H,5H2,1H3,(H,13,16). The number of nitrogens with one attached hydrogen (secondary N) is 1. The Kier molecular flexibility index (Phi) is 3.53. The highest BCUT2D eigenvalue weighted by Gasteiger charge is 2.07. The molecule has 5 nitrogen and oxygen atoms in total. The number of hydrogen-bond acceptors (Lipinski definition) is 4. The Morgan fingerprint density at radius 2 is 2.29 bits per heavy atom. The second kappa shape index (κ2) is 5.09. The van der Waals surface area contributed by atoms with Crippen LogP contribution in [-0.2, 0) is 4.79 Å². The van der Waals surface area contributed by atoms with Crippen molar-refractivity contribution in [3.63, 3.8) is 0 Å². The highest BCUT2D eigenvalue weighted by atomic mass is 79.9. The molecule has 88 valence electrons. The number of halogens is 1. The Labute approximate surface area is 106 Å². The molecule has 0 bridgehead atoms. The van der Waals surface area contributed by atoms with Gasteiger partial charge in [-0.1, -0.05) is 15.9 Å². The number of nitrogens with zero attached hydrogens (tertiary/aromatic N) is 2. The van der Waals surface area contributed by atoms with Crippen molar-refractivity contribution in [1.82, 2.24) is 15.3 Å². The van der Waals surface area contributed by atoms with Crippen molar-refractivity contribution >= 4 is 32.7 Å². The number of likely N-dealkylation sites (N-methyl/N-ethyl adjacent to an activating group) is 1. The summed E-state index contributed by atoms with van der Waals surface area (Å²) in [5.41, 5.74) is 0.773. The summed E-state index contributed by atoms with van der Waals surface area (Å²) in [5.74, 6) is 0.201. The van der Waals surface area contributed by atoms with Crippen molar-refractivity contribution in [3.05, 3.63) is 29.0 Å². The topological polar surface area (TPSA) is 64.1 Å². The summed E-state index contributed by atoms with van der Waals surface area (Å²) >= 11 is 3.37. The number of rotatable bonds is 3. The van der Waals surface area contributed by atoms with E-state index in [2.05, 4.69) is 31.2 Å². The fourth-order valence-electron chi connectivity index (χ4n) is 1.33. The van der Waals surface area contributed by atoms with Crippen molar-refractivity contribution < 1.29 is 9.53 Å². The summed E-state index contributed by atoms with van der Waals surface area (Å²) in [6, 6.07) is 5.60. The van der Waals surface area contributed by atoms with Crippen LogP contribution < -0.4 is 10.1 Å². The van der Waals surface area contributed by atoms with E-state index >= 15 is 0 Å². The van der Waals surface area contributed by atoms with Crippen LogP contribution in [0.4, 0.5) is 0 Å². The molecule has 1 aromatic carbocycles. The molecule has 0 aliphatic carbocycles. The first-order valence-corrected chi connectivity index (χ1v) is 5.73. The normalized spacial score (nSPS) is 10.2. The van der Waals surface area contributed by atoms with Crippen molar-refractivity contribution in [2.24, 2.45) is 0 Å². The first-order chi connectivity index (χ1) is 8.20. The maximum atomic E-state index is 11.1. The number of carbonyl (C=O) groups is 1. The molecule has 0 aliphatic heterocycles. The largest absolute Gasteiger partial charge is 0.467 e. The number of aromatic nitrogens is 2. The molecular formula is C11H10BrN3O2. The summed E-state index contributed by atoms with van der Waals surface area (Å²) in [5, 5.41) is 3.25. The van der Waals surface area contributed by atoms with Gasteiger partial charge >= 0.3 is 0 Å². The van der Waals surface area contributed by atoms with E-state index in [1.54, 1.807) is 7.05 Å². The minimum Gasteiger partial charge on any atom is -0.467 e. The minimum absolute atomic E-state index is 0.0604. The van der Waals surface area contributed by atoms with E-state index in [4.69, 9.17) is 4.74 Å². The number of hydrogen-bond donors (Lipinski definition) is 1. The Morgan fingerprint density at radius 3 is 3.06 bits per heavy atom. The monoisotopic (exact) mass is 295 g/mol. The number of benzene rings is 1. The van der Waals surface area contributed by atoms with Crippen LogP contribution in [0.3, 0.4) is 0 Å². The van der Waals surface area contributed by atoms with E-state index in [0.29, 0.717) is 5.88 Å². The highest BCUT2D eigenvalue weighted by molar-refractivity contribution is 9.10. The van der Waals surface area contributed by atoms with Gasteiger partial charge in [0.2, 0.25) is 5.88 Å². The van der Waals surface area contributed by atoms with E-state index in [-0.39, 0.29) is 12.5 Å². The summed E-state index contributed by atoms with van der Waals surface area (Å²) < 4.78 is 6.25. The van der Waals surface area contributed by atoms with E-state index in [0.717, 1.165) is 15.4 Å². The molecule has 1 aromatic heterocycles. The van der Waals surface area contributed by atoms with Gasteiger partial charge in [0, 0.05) is 11.5 Å². The van der Waals surface area contributed by atoms with Crippen LogP contribution >= 0.6 is 15.9 Å². The van der Waals surface area contributed by atoms with Crippen LogP contribution in [0.25, 0.3) is 10.9 Å². The maximum absolute atomic E-state index is 11.1. The molecule has 0 atom stereocenters. The molecular weight excluding hydrogens is 286 g/mol. The van der Waals surface area contributed by atoms with Crippen molar-refractivity contribution in [2.75, 3.05) is 13.7 Å². The minimum atomic E-state index is -0.202. The van der Waals surface area contributed by atoms with Gasteiger partial charge < -0.3 is 10.1 Å². The highest BCUT2D eigenvalue weighted by Crippen LogP contribution is 2.24. The third-order valence-corrected chi connectivity index (χ3v) is 2.67. The number of carbonyl (C=O) groups excluding carboxylic acids is 1. The Balaban J connectivity index is 2.33. The summed E-state index contributed by atoms with van der Waals surface area (Å²) in [4.78, 5) is 19.2. The van der Waals surface area contributed by atoms with Gasteiger partial charge in [-0.2, -0.15) is 0 Å². The Morgan fingerprint density at radius 1 is 1.47 bits per heavy atom. The average molecular weight is 296 g/mol. The first kappa shape index (κ1) is 11.8. The third kappa shape index (κ3) is 2.71. The average Bonchev–Trinajstić information content (AvgIpc) is 2.35. The molecule has 0 aliphatic rings. The van der Waals surface area contributed by atoms with Crippen molar-refractivity contribution in [1.29, 1.82) is 0 Å². The molecule has 0 unspecified atom stereocenters. The molecule has 2 rings (SSSR count). The van der Waals surface area contributed by atoms with Gasteiger partial charge in [0.05, 0.1) is 10.9 Å². The third-order valence-electron chi connectivity index (χ3n) is 2.18. The lowest BCUT2D eigenvalue weighted by Gasteiger charge is -2.06. The van der Waals surface area contributed by atoms with E-state index in [9.17, 15) is 4.79 Å². The number of amides is 1. The molecule has 1 heterocycles. The quantitative estimate of drug-likeness (QED) is 0.932. The van der Waals surface area contributed by atoms with E-state index < -0.39 is 0 Å². The summed E-state index contributed by atoms with van der Waals surface area (Å²) in [6.45, 7) is -0.0604. The number of ether oxygens (including phenoxy) is 1. The van der Waals surface area contributed by atoms with Crippen LogP contribution in [0.5, 0.6) is 5.88 Å². The second-order valence-corrected chi connectivity index (χ2v) is 4.22. The first-order valence-electron chi connectivity index (χ1n) is 4.94. The number of fused-ring (bicyclic) bond motifs is 1. The molecule has 2 aromatic rings. The Hall–Kier alpha value is -1.69. The zero-order chi connectivity index (χ0) is 12.3. The molecule has 0 radical (unpaired) electrons. The SMILES string of the molecule is CNC(=O)COc1ncnc2ccc(Br)cc12. The van der Waals surface area contributed by atoms with E-state index in [1.807, 2.05) is 18.2 Å². The molecule has 17 heavy (non-hydrogen) atoms.